The Morgan fingerprint density at radius 3 is 2.18 bits per heavy atom. The Morgan fingerprint density at radius 1 is 0.947 bits per heavy atom. The van der Waals surface area contributed by atoms with E-state index in [0.717, 1.165) is 26.6 Å². The molecule has 0 saturated heterocycles. The number of hydrogen-bond acceptors (Lipinski definition) is 4. The molecule has 0 saturated carbocycles. The maximum absolute atomic E-state index is 13.9. The molecule has 0 radical (unpaired) electrons. The van der Waals surface area contributed by atoms with Crippen molar-refractivity contribution in [3.8, 4) is 0 Å². The van der Waals surface area contributed by atoms with Crippen LogP contribution in [0.2, 0.25) is 5.02 Å². The van der Waals surface area contributed by atoms with Crippen molar-refractivity contribution in [2.75, 3.05) is 17.4 Å². The Balaban J connectivity index is 2.07. The zero-order valence-electron chi connectivity index (χ0n) is 22.4. The highest BCUT2D eigenvalue weighted by atomic mass is 35.5. The van der Waals surface area contributed by atoms with Gasteiger partial charge in [-0.05, 0) is 81.6 Å². The number of amides is 2. The number of aryl methyl sites for hydroxylation is 2. The first-order valence-corrected chi connectivity index (χ1v) is 14.2. The van der Waals surface area contributed by atoms with Gasteiger partial charge in [-0.2, -0.15) is 0 Å². The predicted molar refractivity (Wildman–Crippen MR) is 152 cm³/mol. The SMILES string of the molecule is CCNC(=O)[C@H](C)N(Cc1ccc(Cl)cc1)C(=O)CN(c1cccc(C)c1C)S(=O)(=O)c1ccc(C)cc1. The van der Waals surface area contributed by atoms with Crippen LogP contribution in [0.1, 0.15) is 36.1 Å². The lowest BCUT2D eigenvalue weighted by Crippen LogP contribution is -2.51. The number of halogens is 1. The third kappa shape index (κ3) is 6.74. The van der Waals surface area contributed by atoms with Crippen LogP contribution in [0.3, 0.4) is 0 Å². The van der Waals surface area contributed by atoms with Crippen molar-refractivity contribution in [3.63, 3.8) is 0 Å². The lowest BCUT2D eigenvalue weighted by Gasteiger charge is -2.32. The maximum atomic E-state index is 13.9. The molecule has 3 aromatic carbocycles. The minimum Gasteiger partial charge on any atom is -0.355 e. The predicted octanol–water partition coefficient (Wildman–Crippen LogP) is 5.01. The molecule has 0 aliphatic heterocycles. The Kier molecular flexibility index (Phi) is 9.57. The first-order valence-electron chi connectivity index (χ1n) is 12.4. The molecule has 38 heavy (non-hydrogen) atoms. The average Bonchev–Trinajstić information content (AvgIpc) is 2.88. The Hall–Kier alpha value is -3.36. The van der Waals surface area contributed by atoms with Gasteiger partial charge in [-0.1, -0.05) is 53.6 Å². The summed E-state index contributed by atoms with van der Waals surface area (Å²) < 4.78 is 29.0. The van der Waals surface area contributed by atoms with Crippen molar-refractivity contribution >= 4 is 39.1 Å². The van der Waals surface area contributed by atoms with Gasteiger partial charge < -0.3 is 10.2 Å². The molecular weight excluding hydrogens is 522 g/mol. The minimum atomic E-state index is -4.11. The van der Waals surface area contributed by atoms with Crippen LogP contribution in [0.25, 0.3) is 0 Å². The van der Waals surface area contributed by atoms with Gasteiger partial charge >= 0.3 is 0 Å². The van der Waals surface area contributed by atoms with Crippen molar-refractivity contribution in [2.24, 2.45) is 0 Å². The van der Waals surface area contributed by atoms with E-state index in [2.05, 4.69) is 5.32 Å². The highest BCUT2D eigenvalue weighted by Gasteiger charge is 2.33. The Bertz CT molecular complexity index is 1390. The van der Waals surface area contributed by atoms with Crippen molar-refractivity contribution in [3.05, 3.63) is 94.0 Å². The van der Waals surface area contributed by atoms with Crippen LogP contribution >= 0.6 is 11.6 Å². The van der Waals surface area contributed by atoms with Crippen LogP contribution in [0.15, 0.2) is 71.6 Å². The lowest BCUT2D eigenvalue weighted by molar-refractivity contribution is -0.139. The summed E-state index contributed by atoms with van der Waals surface area (Å²) in [5.41, 5.74) is 3.74. The molecule has 1 N–H and O–H groups in total. The Labute approximate surface area is 230 Å². The summed E-state index contributed by atoms with van der Waals surface area (Å²) in [4.78, 5) is 28.2. The summed E-state index contributed by atoms with van der Waals surface area (Å²) in [6.07, 6.45) is 0. The molecule has 2 amide bonds. The molecule has 1 atom stereocenters. The third-order valence-corrected chi connectivity index (χ3v) is 8.54. The van der Waals surface area contributed by atoms with E-state index in [1.807, 2.05) is 26.8 Å². The minimum absolute atomic E-state index is 0.0813. The van der Waals surface area contributed by atoms with Crippen molar-refractivity contribution in [1.82, 2.24) is 10.2 Å². The number of hydrogen-bond donors (Lipinski definition) is 1. The van der Waals surface area contributed by atoms with Crippen molar-refractivity contribution in [2.45, 2.75) is 52.1 Å². The summed E-state index contributed by atoms with van der Waals surface area (Å²) in [6.45, 7) is 9.07. The first kappa shape index (κ1) is 29.2. The molecule has 9 heteroatoms. The van der Waals surface area contributed by atoms with Crippen molar-refractivity contribution < 1.29 is 18.0 Å². The third-order valence-electron chi connectivity index (χ3n) is 6.52. The second kappa shape index (κ2) is 12.5. The monoisotopic (exact) mass is 555 g/mol. The van der Waals surface area contributed by atoms with E-state index in [9.17, 15) is 18.0 Å². The fourth-order valence-corrected chi connectivity index (χ4v) is 5.65. The van der Waals surface area contributed by atoms with Gasteiger partial charge in [0.25, 0.3) is 10.0 Å². The van der Waals surface area contributed by atoms with Gasteiger partial charge in [0.1, 0.15) is 12.6 Å². The van der Waals surface area contributed by atoms with Gasteiger partial charge in [0.05, 0.1) is 10.6 Å². The summed E-state index contributed by atoms with van der Waals surface area (Å²) in [7, 11) is -4.11. The standard InChI is InChI=1S/C29H34ClN3O4S/c1-6-31-29(35)23(5)32(18-24-12-14-25(30)15-13-24)28(34)19-33(27-9-7-8-21(3)22(27)4)38(36,37)26-16-10-20(2)11-17-26/h7-17,23H,6,18-19H2,1-5H3,(H,31,35)/t23-/m0/s1. The molecule has 0 spiro atoms. The second-order valence-electron chi connectivity index (χ2n) is 9.26. The number of nitrogens with one attached hydrogen (secondary N) is 1. The molecule has 3 rings (SSSR count). The normalized spacial score (nSPS) is 12.1. The van der Waals surface area contributed by atoms with Gasteiger partial charge in [-0.3, -0.25) is 13.9 Å². The summed E-state index contributed by atoms with van der Waals surface area (Å²) in [6, 6.07) is 18.0. The van der Waals surface area contributed by atoms with Crippen LogP contribution in [0.5, 0.6) is 0 Å². The number of benzene rings is 3. The number of likely N-dealkylation sites (N-methyl/N-ethyl adjacent to an activating group) is 1. The number of carbonyl (C=O) groups is 2. The molecule has 202 valence electrons. The van der Waals surface area contributed by atoms with Crippen molar-refractivity contribution in [1.29, 1.82) is 0 Å². The highest BCUT2D eigenvalue weighted by molar-refractivity contribution is 7.92. The Morgan fingerprint density at radius 2 is 1.58 bits per heavy atom. The molecule has 0 heterocycles. The number of carbonyl (C=O) groups excluding carboxylic acids is 2. The molecule has 0 unspecified atom stereocenters. The van der Waals surface area contributed by atoms with Crippen LogP contribution in [0.4, 0.5) is 5.69 Å². The smallest absolute Gasteiger partial charge is 0.264 e. The van der Waals surface area contributed by atoms with Gasteiger partial charge in [0.15, 0.2) is 0 Å². The quantitative estimate of drug-likeness (QED) is 0.381. The van der Waals surface area contributed by atoms with E-state index in [1.54, 1.807) is 62.4 Å². The number of nitrogens with zero attached hydrogens (tertiary/aromatic N) is 2. The zero-order valence-corrected chi connectivity index (χ0v) is 23.9. The molecular formula is C29H34ClN3O4S. The summed E-state index contributed by atoms with van der Waals surface area (Å²) >= 11 is 6.03. The number of rotatable bonds is 10. The van der Waals surface area contributed by atoms with E-state index in [-0.39, 0.29) is 17.3 Å². The van der Waals surface area contributed by atoms with Crippen LogP contribution in [-0.2, 0) is 26.2 Å². The highest BCUT2D eigenvalue weighted by Crippen LogP contribution is 2.29. The lowest BCUT2D eigenvalue weighted by atomic mass is 10.1. The van der Waals surface area contributed by atoms with E-state index >= 15 is 0 Å². The molecule has 0 aromatic heterocycles. The molecule has 3 aromatic rings. The van der Waals surface area contributed by atoms with Gasteiger partial charge in [0.2, 0.25) is 11.8 Å². The zero-order chi connectivity index (χ0) is 28.0. The first-order chi connectivity index (χ1) is 17.9. The van der Waals surface area contributed by atoms with Crippen LogP contribution in [0, 0.1) is 20.8 Å². The molecule has 0 fully saturated rings. The van der Waals surface area contributed by atoms with E-state index < -0.39 is 28.5 Å². The number of anilines is 1. The van der Waals surface area contributed by atoms with Gasteiger partial charge in [-0.25, -0.2) is 8.42 Å². The average molecular weight is 556 g/mol. The van der Waals surface area contributed by atoms with Crippen LogP contribution < -0.4 is 9.62 Å². The van der Waals surface area contributed by atoms with E-state index in [0.29, 0.717) is 17.3 Å². The molecule has 0 aliphatic carbocycles. The van der Waals surface area contributed by atoms with Gasteiger partial charge in [0, 0.05) is 18.1 Å². The maximum Gasteiger partial charge on any atom is 0.264 e. The van der Waals surface area contributed by atoms with Gasteiger partial charge in [-0.15, -0.1) is 0 Å². The molecule has 0 bridgehead atoms. The second-order valence-corrected chi connectivity index (χ2v) is 11.6. The summed E-state index contributed by atoms with van der Waals surface area (Å²) in [5.74, 6) is -0.829. The fraction of sp³-hybridized carbons (Fsp3) is 0.310. The molecule has 7 nitrogen and oxygen atoms in total. The number of sulfonamides is 1. The van der Waals surface area contributed by atoms with E-state index in [4.69, 9.17) is 11.6 Å². The largest absolute Gasteiger partial charge is 0.355 e. The van der Waals surface area contributed by atoms with E-state index in [1.165, 1.54) is 17.0 Å². The fourth-order valence-electron chi connectivity index (χ4n) is 4.05. The molecule has 0 aliphatic rings. The summed E-state index contributed by atoms with van der Waals surface area (Å²) in [5, 5.41) is 3.30. The van der Waals surface area contributed by atoms with Crippen LogP contribution in [-0.4, -0.2) is 44.3 Å². The topological polar surface area (TPSA) is 86.8 Å².